The van der Waals surface area contributed by atoms with Crippen LogP contribution in [0.1, 0.15) is 10.4 Å². The first-order valence-corrected chi connectivity index (χ1v) is 7.40. The Hall–Kier alpha value is -2.71. The van der Waals surface area contributed by atoms with Crippen molar-refractivity contribution in [1.29, 1.82) is 0 Å². The number of hydrogen-bond acceptors (Lipinski definition) is 5. The lowest BCUT2D eigenvalue weighted by atomic mass is 10.2. The average Bonchev–Trinajstić information content (AvgIpc) is 2.56. The first-order valence-electron chi connectivity index (χ1n) is 6.64. The molecule has 1 amide bonds. The van der Waals surface area contributed by atoms with Gasteiger partial charge in [-0.05, 0) is 18.2 Å². The van der Waals surface area contributed by atoms with Crippen LogP contribution in [0, 0.1) is 15.9 Å². The lowest BCUT2D eigenvalue weighted by Gasteiger charge is -2.08. The number of nitro benzene ring substituents is 1. The van der Waals surface area contributed by atoms with E-state index in [1.165, 1.54) is 24.3 Å². The van der Waals surface area contributed by atoms with E-state index in [0.717, 1.165) is 12.1 Å². The summed E-state index contributed by atoms with van der Waals surface area (Å²) in [5.74, 6) is -2.73. The highest BCUT2D eigenvalue weighted by Crippen LogP contribution is 2.25. The fourth-order valence-electron chi connectivity index (χ4n) is 1.81. The van der Waals surface area contributed by atoms with Crippen LogP contribution in [-0.2, 0) is 9.53 Å². The van der Waals surface area contributed by atoms with Crippen molar-refractivity contribution in [2.75, 3.05) is 11.9 Å². The molecule has 0 unspecified atom stereocenters. The molecule has 0 fully saturated rings. The van der Waals surface area contributed by atoms with Crippen LogP contribution >= 0.6 is 23.2 Å². The fraction of sp³-hybridized carbons (Fsp3) is 0.0667. The molecule has 0 heterocycles. The van der Waals surface area contributed by atoms with Gasteiger partial charge in [0.2, 0.25) is 0 Å². The number of halogens is 3. The molecule has 1 N–H and O–H groups in total. The second kappa shape index (κ2) is 7.91. The second-order valence-corrected chi connectivity index (χ2v) is 5.46. The van der Waals surface area contributed by atoms with E-state index in [-0.39, 0.29) is 27.0 Å². The fourth-order valence-corrected chi connectivity index (χ4v) is 2.27. The first kappa shape index (κ1) is 18.6. The Morgan fingerprint density at radius 2 is 1.88 bits per heavy atom. The van der Waals surface area contributed by atoms with Gasteiger partial charge in [-0.1, -0.05) is 35.3 Å². The molecule has 10 heteroatoms. The molecular formula is C15H9Cl2FN2O5. The molecule has 0 atom stereocenters. The largest absolute Gasteiger partial charge is 0.452 e. The van der Waals surface area contributed by atoms with Gasteiger partial charge in [-0.15, -0.1) is 0 Å². The molecule has 0 saturated carbocycles. The van der Waals surface area contributed by atoms with Crippen LogP contribution < -0.4 is 5.32 Å². The Morgan fingerprint density at radius 3 is 2.56 bits per heavy atom. The molecular weight excluding hydrogens is 378 g/mol. The second-order valence-electron chi connectivity index (χ2n) is 4.64. The van der Waals surface area contributed by atoms with Gasteiger partial charge in [-0.3, -0.25) is 14.9 Å². The molecule has 7 nitrogen and oxygen atoms in total. The summed E-state index contributed by atoms with van der Waals surface area (Å²) in [7, 11) is 0. The number of amides is 1. The summed E-state index contributed by atoms with van der Waals surface area (Å²) in [6.45, 7) is -0.745. The van der Waals surface area contributed by atoms with Gasteiger partial charge < -0.3 is 10.1 Å². The molecule has 2 aromatic carbocycles. The van der Waals surface area contributed by atoms with Crippen LogP contribution in [0.25, 0.3) is 0 Å². The van der Waals surface area contributed by atoms with Gasteiger partial charge in [0.1, 0.15) is 11.5 Å². The Bertz CT molecular complexity index is 860. The van der Waals surface area contributed by atoms with Gasteiger partial charge >= 0.3 is 5.97 Å². The minimum Gasteiger partial charge on any atom is -0.452 e. The predicted molar refractivity (Wildman–Crippen MR) is 88.4 cm³/mol. The molecule has 0 bridgehead atoms. The summed E-state index contributed by atoms with van der Waals surface area (Å²) >= 11 is 11.3. The van der Waals surface area contributed by atoms with Crippen molar-refractivity contribution >= 4 is 46.5 Å². The third-order valence-electron chi connectivity index (χ3n) is 2.94. The molecule has 0 aliphatic heterocycles. The van der Waals surface area contributed by atoms with Crippen LogP contribution in [0.15, 0.2) is 36.4 Å². The molecule has 0 aliphatic carbocycles. The van der Waals surface area contributed by atoms with Gasteiger partial charge in [-0.2, -0.15) is 0 Å². The number of rotatable bonds is 5. The molecule has 25 heavy (non-hydrogen) atoms. The Morgan fingerprint density at radius 1 is 1.20 bits per heavy atom. The summed E-state index contributed by atoms with van der Waals surface area (Å²) in [5.41, 5.74) is -0.670. The number of carbonyl (C=O) groups is 2. The highest BCUT2D eigenvalue weighted by molar-refractivity contribution is 6.36. The molecule has 130 valence electrons. The average molecular weight is 387 g/mol. The molecule has 0 spiro atoms. The lowest BCUT2D eigenvalue weighted by Crippen LogP contribution is -2.21. The number of anilines is 1. The topological polar surface area (TPSA) is 98.5 Å². The normalized spacial score (nSPS) is 10.2. The molecule has 0 aromatic heterocycles. The molecule has 2 aromatic rings. The number of benzene rings is 2. The van der Waals surface area contributed by atoms with E-state index < -0.39 is 29.2 Å². The van der Waals surface area contributed by atoms with Crippen molar-refractivity contribution in [2.45, 2.75) is 0 Å². The third-order valence-corrected chi connectivity index (χ3v) is 3.54. The maximum absolute atomic E-state index is 13.4. The minimum atomic E-state index is -1.04. The van der Waals surface area contributed by atoms with E-state index in [1.807, 2.05) is 0 Å². The van der Waals surface area contributed by atoms with Gasteiger partial charge in [0, 0.05) is 6.07 Å². The molecule has 0 radical (unpaired) electrons. The van der Waals surface area contributed by atoms with E-state index in [4.69, 9.17) is 27.9 Å². The summed E-state index contributed by atoms with van der Waals surface area (Å²) in [6, 6.07) is 7.27. The van der Waals surface area contributed by atoms with Crippen LogP contribution in [0.2, 0.25) is 10.0 Å². The highest BCUT2D eigenvalue weighted by atomic mass is 35.5. The quantitative estimate of drug-likeness (QED) is 0.364. The van der Waals surface area contributed by atoms with Crippen molar-refractivity contribution < 1.29 is 23.6 Å². The van der Waals surface area contributed by atoms with Crippen LogP contribution in [-0.4, -0.2) is 23.4 Å². The summed E-state index contributed by atoms with van der Waals surface area (Å²) in [6.07, 6.45) is 0. The summed E-state index contributed by atoms with van der Waals surface area (Å²) < 4.78 is 18.1. The zero-order chi connectivity index (χ0) is 18.6. The van der Waals surface area contributed by atoms with Gasteiger partial charge in [-0.25, -0.2) is 9.18 Å². The van der Waals surface area contributed by atoms with E-state index in [2.05, 4.69) is 5.32 Å². The number of ether oxygens (including phenoxy) is 1. The standard InChI is InChI=1S/C15H9Cl2FN2O5/c16-9-6-10(17)11(18)5-8(9)15(22)25-7-14(21)19-12-3-1-2-4-13(12)20(23)24/h1-6H,7H2,(H,19,21). The van der Waals surface area contributed by atoms with Crippen molar-refractivity contribution in [2.24, 2.45) is 0 Å². The Labute approximate surface area is 150 Å². The van der Waals surface area contributed by atoms with Gasteiger partial charge in [0.05, 0.1) is 20.5 Å². The smallest absolute Gasteiger partial charge is 0.340 e. The van der Waals surface area contributed by atoms with Crippen molar-refractivity contribution in [3.05, 3.63) is 67.9 Å². The maximum Gasteiger partial charge on any atom is 0.340 e. The number of esters is 1. The zero-order valence-corrected chi connectivity index (χ0v) is 13.8. The highest BCUT2D eigenvalue weighted by Gasteiger charge is 2.18. The zero-order valence-electron chi connectivity index (χ0n) is 12.3. The van der Waals surface area contributed by atoms with Crippen LogP contribution in [0.3, 0.4) is 0 Å². The summed E-state index contributed by atoms with van der Waals surface area (Å²) in [4.78, 5) is 33.8. The monoisotopic (exact) mass is 386 g/mol. The van der Waals surface area contributed by atoms with Crippen molar-refractivity contribution in [3.63, 3.8) is 0 Å². The lowest BCUT2D eigenvalue weighted by molar-refractivity contribution is -0.383. The molecule has 0 aliphatic rings. The Kier molecular flexibility index (Phi) is 5.89. The third kappa shape index (κ3) is 4.65. The number of nitro groups is 1. The van der Waals surface area contributed by atoms with Gasteiger partial charge in [0.15, 0.2) is 6.61 Å². The SMILES string of the molecule is O=C(COC(=O)c1cc(F)c(Cl)cc1Cl)Nc1ccccc1[N+](=O)[O-]. The minimum absolute atomic E-state index is 0.0517. The van der Waals surface area contributed by atoms with Crippen molar-refractivity contribution in [1.82, 2.24) is 0 Å². The van der Waals surface area contributed by atoms with E-state index in [0.29, 0.717) is 0 Å². The maximum atomic E-state index is 13.4. The van der Waals surface area contributed by atoms with Crippen molar-refractivity contribution in [3.8, 4) is 0 Å². The Balaban J connectivity index is 2.02. The number of para-hydroxylation sites is 2. The van der Waals surface area contributed by atoms with Gasteiger partial charge in [0.25, 0.3) is 11.6 Å². The van der Waals surface area contributed by atoms with Crippen LogP contribution in [0.4, 0.5) is 15.8 Å². The van der Waals surface area contributed by atoms with E-state index >= 15 is 0 Å². The number of nitrogens with one attached hydrogen (secondary N) is 1. The van der Waals surface area contributed by atoms with E-state index in [9.17, 15) is 24.1 Å². The number of carbonyl (C=O) groups excluding carboxylic acids is 2. The predicted octanol–water partition coefficient (Wildman–Crippen LogP) is 3.84. The molecule has 0 saturated heterocycles. The first-order chi connectivity index (χ1) is 11.8. The van der Waals surface area contributed by atoms with Crippen LogP contribution in [0.5, 0.6) is 0 Å². The molecule has 2 rings (SSSR count). The van der Waals surface area contributed by atoms with E-state index in [1.54, 1.807) is 0 Å². The number of nitrogens with zero attached hydrogens (tertiary/aromatic N) is 1. The number of hydrogen-bond donors (Lipinski definition) is 1. The summed E-state index contributed by atoms with van der Waals surface area (Å²) in [5, 5.41) is 12.7.